The van der Waals surface area contributed by atoms with E-state index in [-0.39, 0.29) is 46.6 Å². The van der Waals surface area contributed by atoms with E-state index < -0.39 is 56.8 Å². The van der Waals surface area contributed by atoms with E-state index in [1.807, 2.05) is 0 Å². The van der Waals surface area contributed by atoms with E-state index in [1.54, 1.807) is 0 Å². The molecular weight excluding hydrogens is 596 g/mol. The Morgan fingerprint density at radius 3 is 2.58 bits per heavy atom. The van der Waals surface area contributed by atoms with E-state index in [9.17, 15) is 41.3 Å². The normalized spacial score (nSPS) is 21.8. The third-order valence-electron chi connectivity index (χ3n) is 7.91. The Labute approximate surface area is 244 Å². The van der Waals surface area contributed by atoms with Crippen LogP contribution in [0.1, 0.15) is 45.7 Å². The molecule has 0 spiro atoms. The molecular formula is C28H26F4N4O6S. The van der Waals surface area contributed by atoms with Gasteiger partial charge < -0.3 is 20.5 Å². The molecule has 0 aliphatic heterocycles. The lowest BCUT2D eigenvalue weighted by atomic mass is 9.83. The Morgan fingerprint density at radius 2 is 1.88 bits per heavy atom. The number of ether oxygens (including phenoxy) is 1. The lowest BCUT2D eigenvalue weighted by molar-refractivity contribution is -0.122. The third kappa shape index (κ3) is 6.12. The number of nitrogens with zero attached hydrogens (tertiary/aromatic N) is 2. The molecule has 3 N–H and O–H groups in total. The molecule has 2 saturated carbocycles. The fraction of sp³-hybridized carbons (Fsp3) is 0.357. The molecule has 2 bridgehead atoms. The predicted molar refractivity (Wildman–Crippen MR) is 144 cm³/mol. The summed E-state index contributed by atoms with van der Waals surface area (Å²) < 4.78 is 71.8. The number of aromatic nitrogens is 2. The number of aromatic carboxylic acids is 1. The predicted octanol–water partition coefficient (Wildman–Crippen LogP) is 4.19. The maximum absolute atomic E-state index is 14.9. The maximum atomic E-state index is 14.9. The van der Waals surface area contributed by atoms with Crippen LogP contribution in [0, 0.1) is 23.6 Å². The van der Waals surface area contributed by atoms with Crippen molar-refractivity contribution in [1.82, 2.24) is 15.1 Å². The second-order valence-corrected chi connectivity index (χ2v) is 11.9. The molecule has 5 unspecified atom stereocenters. The number of rotatable bonds is 9. The number of carboxylic acid groups (broad SMARTS) is 1. The van der Waals surface area contributed by atoms with Crippen molar-refractivity contribution in [2.75, 3.05) is 12.4 Å². The maximum Gasteiger partial charge on any atom is 0.475 e. The number of hydrogen-bond donors (Lipinski definition) is 3. The van der Waals surface area contributed by atoms with Gasteiger partial charge in [0.05, 0.1) is 25.1 Å². The first kappa shape index (κ1) is 30.2. The number of carbonyl (C=O) groups excluding carboxylic acids is 2. The molecule has 1 heterocycles. The van der Waals surface area contributed by atoms with E-state index in [0.717, 1.165) is 35.7 Å². The smallest absolute Gasteiger partial charge is 0.475 e. The average molecular weight is 623 g/mol. The SMILES string of the molecule is COc1cc(F)c(Cn2nccc2C(=O)O)cc1C(=O)NC1C2CCC(C2)C1C(=O)Nc1cccc(S(=O)C(F)(F)F)c1. The monoisotopic (exact) mass is 622 g/mol. The summed E-state index contributed by atoms with van der Waals surface area (Å²) in [7, 11) is -2.01. The molecule has 2 aliphatic rings. The van der Waals surface area contributed by atoms with Crippen LogP contribution < -0.4 is 15.4 Å². The van der Waals surface area contributed by atoms with Gasteiger partial charge in [0.15, 0.2) is 10.8 Å². The van der Waals surface area contributed by atoms with Crippen molar-refractivity contribution in [3.05, 3.63) is 71.3 Å². The van der Waals surface area contributed by atoms with Crippen LogP contribution in [0.15, 0.2) is 53.6 Å². The largest absolute Gasteiger partial charge is 0.496 e. The van der Waals surface area contributed by atoms with Crippen molar-refractivity contribution in [2.45, 2.75) is 42.3 Å². The van der Waals surface area contributed by atoms with Crippen molar-refractivity contribution in [3.63, 3.8) is 0 Å². The number of methoxy groups -OCH3 is 1. The highest BCUT2D eigenvalue weighted by Gasteiger charge is 2.51. The standard InChI is InChI=1S/C28H26F4N4O6S/c1-42-22-12-20(29)16(13-36-21(27(39)40)7-8-33-36)10-19(22)25(37)35-24-15-6-5-14(9-15)23(24)26(38)34-17-3-2-4-18(11-17)43(41)28(30,31)32/h2-4,7-8,10-12,14-15,23-24H,5-6,9,13H2,1H3,(H,34,38)(H,35,37)(H,39,40). The Morgan fingerprint density at radius 1 is 1.14 bits per heavy atom. The topological polar surface area (TPSA) is 140 Å². The number of alkyl halides is 3. The van der Waals surface area contributed by atoms with Crippen molar-refractivity contribution in [3.8, 4) is 5.75 Å². The summed E-state index contributed by atoms with van der Waals surface area (Å²) >= 11 is 0. The first-order valence-electron chi connectivity index (χ1n) is 13.2. The van der Waals surface area contributed by atoms with Gasteiger partial charge in [0.1, 0.15) is 17.3 Å². The van der Waals surface area contributed by atoms with Crippen LogP contribution in [0.3, 0.4) is 0 Å². The minimum absolute atomic E-state index is 0.0180. The van der Waals surface area contributed by atoms with Gasteiger partial charge >= 0.3 is 11.5 Å². The van der Waals surface area contributed by atoms with Gasteiger partial charge in [-0.05, 0) is 61.4 Å². The molecule has 5 rings (SSSR count). The van der Waals surface area contributed by atoms with E-state index in [1.165, 1.54) is 37.6 Å². The molecule has 2 amide bonds. The molecule has 0 radical (unpaired) electrons. The van der Waals surface area contributed by atoms with Crippen LogP contribution >= 0.6 is 0 Å². The van der Waals surface area contributed by atoms with Gasteiger partial charge in [-0.1, -0.05) is 6.07 Å². The van der Waals surface area contributed by atoms with Gasteiger partial charge in [-0.25, -0.2) is 13.4 Å². The van der Waals surface area contributed by atoms with E-state index in [4.69, 9.17) is 4.74 Å². The van der Waals surface area contributed by atoms with E-state index in [0.29, 0.717) is 6.42 Å². The molecule has 2 aliphatic carbocycles. The summed E-state index contributed by atoms with van der Waals surface area (Å²) in [6.07, 6.45) is 3.39. The van der Waals surface area contributed by atoms with Gasteiger partial charge in [-0.15, -0.1) is 0 Å². The number of fused-ring (bicyclic) bond motifs is 2. The number of benzene rings is 2. The molecule has 0 saturated heterocycles. The lowest BCUT2D eigenvalue weighted by Crippen LogP contribution is -2.48. The van der Waals surface area contributed by atoms with Crippen LogP contribution in [0.4, 0.5) is 23.2 Å². The first-order chi connectivity index (χ1) is 20.4. The highest BCUT2D eigenvalue weighted by Crippen LogP contribution is 2.49. The minimum Gasteiger partial charge on any atom is -0.496 e. The van der Waals surface area contributed by atoms with Gasteiger partial charge in [0.2, 0.25) is 5.91 Å². The zero-order chi connectivity index (χ0) is 31.1. The lowest BCUT2D eigenvalue weighted by Gasteiger charge is -2.31. The van der Waals surface area contributed by atoms with Crippen molar-refractivity contribution >= 4 is 34.3 Å². The van der Waals surface area contributed by atoms with Crippen molar-refractivity contribution < 1.29 is 46.0 Å². The molecule has 10 nitrogen and oxygen atoms in total. The van der Waals surface area contributed by atoms with E-state index in [2.05, 4.69) is 15.7 Å². The number of nitrogens with one attached hydrogen (secondary N) is 2. The molecule has 1 aromatic heterocycles. The third-order valence-corrected chi connectivity index (χ3v) is 9.01. The number of hydrogen-bond acceptors (Lipinski definition) is 6. The molecule has 5 atom stereocenters. The number of carbonyl (C=O) groups is 3. The number of carboxylic acids is 1. The zero-order valence-electron chi connectivity index (χ0n) is 22.6. The number of anilines is 1. The quantitative estimate of drug-likeness (QED) is 0.304. The van der Waals surface area contributed by atoms with E-state index >= 15 is 0 Å². The van der Waals surface area contributed by atoms with Crippen LogP contribution in [0.25, 0.3) is 0 Å². The van der Waals surface area contributed by atoms with Crippen LogP contribution in [-0.2, 0) is 22.1 Å². The highest BCUT2D eigenvalue weighted by atomic mass is 32.2. The summed E-state index contributed by atoms with van der Waals surface area (Å²) in [4.78, 5) is 37.9. The minimum atomic E-state index is -4.96. The summed E-state index contributed by atoms with van der Waals surface area (Å²) in [5.41, 5.74) is -5.15. The summed E-state index contributed by atoms with van der Waals surface area (Å²) in [5, 5.41) is 18.8. The molecule has 2 aromatic carbocycles. The molecule has 15 heteroatoms. The Hall–Kier alpha value is -4.27. The fourth-order valence-electron chi connectivity index (χ4n) is 6.02. The second-order valence-electron chi connectivity index (χ2n) is 10.4. The Balaban J connectivity index is 1.36. The first-order valence-corrected chi connectivity index (χ1v) is 14.3. The number of halogens is 4. The fourth-order valence-corrected chi connectivity index (χ4v) is 6.73. The van der Waals surface area contributed by atoms with Gasteiger partial charge in [-0.2, -0.15) is 18.3 Å². The average Bonchev–Trinajstić information content (AvgIpc) is 3.70. The van der Waals surface area contributed by atoms with Gasteiger partial charge in [-0.3, -0.25) is 14.3 Å². The van der Waals surface area contributed by atoms with Crippen molar-refractivity contribution in [1.29, 1.82) is 0 Å². The van der Waals surface area contributed by atoms with Gasteiger partial charge in [0, 0.05) is 34.5 Å². The summed E-state index contributed by atoms with van der Waals surface area (Å²) in [6, 6.07) is 7.58. The zero-order valence-corrected chi connectivity index (χ0v) is 23.4. The Bertz CT molecular complexity index is 1610. The second kappa shape index (κ2) is 11.8. The van der Waals surface area contributed by atoms with Crippen molar-refractivity contribution in [2.24, 2.45) is 17.8 Å². The molecule has 43 heavy (non-hydrogen) atoms. The molecule has 2 fully saturated rings. The highest BCUT2D eigenvalue weighted by molar-refractivity contribution is 7.86. The molecule has 228 valence electrons. The molecule has 3 aromatic rings. The Kier molecular flexibility index (Phi) is 8.27. The summed E-state index contributed by atoms with van der Waals surface area (Å²) in [6.45, 7) is -0.276. The van der Waals surface area contributed by atoms with Gasteiger partial charge in [0.25, 0.3) is 5.91 Å². The van der Waals surface area contributed by atoms with Crippen LogP contribution in [0.5, 0.6) is 5.75 Å². The summed E-state index contributed by atoms with van der Waals surface area (Å²) in [5.74, 6) is -4.04. The number of amides is 2. The van der Waals surface area contributed by atoms with Crippen LogP contribution in [-0.4, -0.2) is 55.5 Å². The van der Waals surface area contributed by atoms with Crippen LogP contribution in [0.2, 0.25) is 0 Å².